The highest BCUT2D eigenvalue weighted by Crippen LogP contribution is 2.12. The van der Waals surface area contributed by atoms with Crippen molar-refractivity contribution in [1.29, 1.82) is 0 Å². The maximum absolute atomic E-state index is 12.0. The fourth-order valence-electron chi connectivity index (χ4n) is 2.20. The van der Waals surface area contributed by atoms with E-state index in [9.17, 15) is 9.59 Å². The van der Waals surface area contributed by atoms with E-state index in [2.05, 4.69) is 16.9 Å². The third kappa shape index (κ3) is 4.70. The van der Waals surface area contributed by atoms with E-state index in [1.54, 1.807) is 17.4 Å². The molecular formula is C17H20N2O2S. The monoisotopic (exact) mass is 316 g/mol. The molecule has 2 aromatic rings. The normalized spacial score (nSPS) is 10.3. The summed E-state index contributed by atoms with van der Waals surface area (Å²) in [6.07, 6.45) is 2.05. The fourth-order valence-corrected chi connectivity index (χ4v) is 2.95. The van der Waals surface area contributed by atoms with Crippen molar-refractivity contribution in [1.82, 2.24) is 10.9 Å². The van der Waals surface area contributed by atoms with Crippen LogP contribution in [0.2, 0.25) is 0 Å². The Balaban J connectivity index is 1.74. The van der Waals surface area contributed by atoms with Gasteiger partial charge in [0, 0.05) is 16.9 Å². The molecule has 4 nitrogen and oxygen atoms in total. The quantitative estimate of drug-likeness (QED) is 0.833. The van der Waals surface area contributed by atoms with Crippen LogP contribution >= 0.6 is 11.3 Å². The summed E-state index contributed by atoms with van der Waals surface area (Å²) in [5.41, 5.74) is 7.50. The highest BCUT2D eigenvalue weighted by molar-refractivity contribution is 7.09. The van der Waals surface area contributed by atoms with Crippen LogP contribution in [0.25, 0.3) is 0 Å². The summed E-state index contributed by atoms with van der Waals surface area (Å²) < 4.78 is 0. The molecule has 2 rings (SSSR count). The van der Waals surface area contributed by atoms with Crippen LogP contribution in [0.5, 0.6) is 0 Å². The first kappa shape index (κ1) is 16.2. The molecule has 0 spiro atoms. The second-order valence-corrected chi connectivity index (χ2v) is 6.29. The molecule has 0 aliphatic rings. The number of amides is 2. The standard InChI is InChI=1S/C17H20N2O2S/c1-12-8-9-15(13(2)11-12)17(21)19-18-16(20)7-3-5-14-6-4-10-22-14/h4,6,8-11H,3,5,7H2,1-2H3,(H,18,20)(H,19,21). The molecule has 0 unspecified atom stereocenters. The minimum atomic E-state index is -0.288. The zero-order valence-corrected chi connectivity index (χ0v) is 13.6. The zero-order valence-electron chi connectivity index (χ0n) is 12.8. The Morgan fingerprint density at radius 2 is 1.95 bits per heavy atom. The Morgan fingerprint density at radius 1 is 1.14 bits per heavy atom. The SMILES string of the molecule is Cc1ccc(C(=O)NNC(=O)CCCc2cccs2)c(C)c1. The first-order valence-corrected chi connectivity index (χ1v) is 8.13. The van der Waals surface area contributed by atoms with E-state index < -0.39 is 0 Å². The van der Waals surface area contributed by atoms with E-state index in [-0.39, 0.29) is 11.8 Å². The zero-order chi connectivity index (χ0) is 15.9. The number of nitrogens with one attached hydrogen (secondary N) is 2. The van der Waals surface area contributed by atoms with E-state index in [0.29, 0.717) is 12.0 Å². The topological polar surface area (TPSA) is 58.2 Å². The Hall–Kier alpha value is -2.14. The molecule has 1 aromatic carbocycles. The molecular weight excluding hydrogens is 296 g/mol. The molecule has 0 radical (unpaired) electrons. The van der Waals surface area contributed by atoms with Crippen molar-refractivity contribution in [3.8, 4) is 0 Å². The number of benzene rings is 1. The number of aryl methyl sites for hydroxylation is 3. The molecule has 0 bridgehead atoms. The Kier molecular flexibility index (Phi) is 5.72. The van der Waals surface area contributed by atoms with Gasteiger partial charge in [0.15, 0.2) is 0 Å². The molecule has 0 aliphatic heterocycles. The van der Waals surface area contributed by atoms with Gasteiger partial charge in [0.1, 0.15) is 0 Å². The number of hydrazine groups is 1. The fraction of sp³-hybridized carbons (Fsp3) is 0.294. The largest absolute Gasteiger partial charge is 0.273 e. The Bertz CT molecular complexity index is 651. The molecule has 22 heavy (non-hydrogen) atoms. The van der Waals surface area contributed by atoms with Gasteiger partial charge in [0.2, 0.25) is 5.91 Å². The lowest BCUT2D eigenvalue weighted by Crippen LogP contribution is -2.41. The van der Waals surface area contributed by atoms with Gasteiger partial charge in [-0.2, -0.15) is 0 Å². The first-order valence-electron chi connectivity index (χ1n) is 7.25. The van der Waals surface area contributed by atoms with Crippen molar-refractivity contribution in [2.45, 2.75) is 33.1 Å². The highest BCUT2D eigenvalue weighted by Gasteiger charge is 2.10. The molecule has 0 atom stereocenters. The maximum Gasteiger partial charge on any atom is 0.269 e. The summed E-state index contributed by atoms with van der Waals surface area (Å²) in [6.45, 7) is 3.86. The highest BCUT2D eigenvalue weighted by atomic mass is 32.1. The van der Waals surface area contributed by atoms with E-state index in [0.717, 1.165) is 24.0 Å². The van der Waals surface area contributed by atoms with E-state index in [1.807, 2.05) is 37.4 Å². The number of carbonyl (C=O) groups excluding carboxylic acids is 2. The van der Waals surface area contributed by atoms with Crippen molar-refractivity contribution in [2.75, 3.05) is 0 Å². The van der Waals surface area contributed by atoms with Crippen LogP contribution in [0.15, 0.2) is 35.7 Å². The molecule has 5 heteroatoms. The van der Waals surface area contributed by atoms with Gasteiger partial charge in [-0.1, -0.05) is 23.8 Å². The van der Waals surface area contributed by atoms with Crippen molar-refractivity contribution in [2.24, 2.45) is 0 Å². The van der Waals surface area contributed by atoms with Crippen molar-refractivity contribution in [3.63, 3.8) is 0 Å². The lowest BCUT2D eigenvalue weighted by molar-refractivity contribution is -0.121. The maximum atomic E-state index is 12.0. The van der Waals surface area contributed by atoms with Gasteiger partial charge >= 0.3 is 0 Å². The molecule has 0 fully saturated rings. The van der Waals surface area contributed by atoms with E-state index in [4.69, 9.17) is 0 Å². The second-order valence-electron chi connectivity index (χ2n) is 5.25. The number of carbonyl (C=O) groups is 2. The van der Waals surface area contributed by atoms with Gasteiger partial charge in [-0.15, -0.1) is 11.3 Å². The third-order valence-corrected chi connectivity index (χ3v) is 4.29. The first-order chi connectivity index (χ1) is 10.6. The molecule has 0 saturated heterocycles. The van der Waals surface area contributed by atoms with Gasteiger partial charge < -0.3 is 0 Å². The molecule has 116 valence electrons. The van der Waals surface area contributed by atoms with Crippen LogP contribution in [-0.2, 0) is 11.2 Å². The summed E-state index contributed by atoms with van der Waals surface area (Å²) in [4.78, 5) is 25.0. The lowest BCUT2D eigenvalue weighted by atomic mass is 10.1. The van der Waals surface area contributed by atoms with Gasteiger partial charge in [-0.3, -0.25) is 20.4 Å². The summed E-state index contributed by atoms with van der Waals surface area (Å²) in [7, 11) is 0. The van der Waals surface area contributed by atoms with E-state index in [1.165, 1.54) is 4.88 Å². The minimum Gasteiger partial charge on any atom is -0.273 e. The van der Waals surface area contributed by atoms with Crippen molar-refractivity contribution < 1.29 is 9.59 Å². The number of rotatable bonds is 5. The molecule has 1 heterocycles. The Labute approximate surface area is 134 Å². The predicted octanol–water partition coefficient (Wildman–Crippen LogP) is 3.15. The molecule has 2 N–H and O–H groups in total. The average molecular weight is 316 g/mol. The summed E-state index contributed by atoms with van der Waals surface area (Å²) in [5.74, 6) is -0.459. The van der Waals surface area contributed by atoms with Crippen LogP contribution in [0.4, 0.5) is 0 Å². The lowest BCUT2D eigenvalue weighted by Gasteiger charge is -2.09. The molecule has 0 saturated carbocycles. The molecule has 1 aromatic heterocycles. The van der Waals surface area contributed by atoms with Gasteiger partial charge in [-0.25, -0.2) is 0 Å². The Morgan fingerprint density at radius 3 is 2.64 bits per heavy atom. The number of thiophene rings is 1. The summed E-state index contributed by atoms with van der Waals surface area (Å²) >= 11 is 1.69. The van der Waals surface area contributed by atoms with E-state index >= 15 is 0 Å². The van der Waals surface area contributed by atoms with Crippen molar-refractivity contribution in [3.05, 3.63) is 57.3 Å². The summed E-state index contributed by atoms with van der Waals surface area (Å²) in [5, 5.41) is 2.03. The van der Waals surface area contributed by atoms with Crippen molar-refractivity contribution >= 4 is 23.2 Å². The number of hydrogen-bond donors (Lipinski definition) is 2. The summed E-state index contributed by atoms with van der Waals surface area (Å²) in [6, 6.07) is 9.65. The van der Waals surface area contributed by atoms with Gasteiger partial charge in [-0.05, 0) is 49.8 Å². The van der Waals surface area contributed by atoms with Gasteiger partial charge in [0.25, 0.3) is 5.91 Å². The molecule has 0 aliphatic carbocycles. The van der Waals surface area contributed by atoms with Crippen LogP contribution < -0.4 is 10.9 Å². The van der Waals surface area contributed by atoms with Gasteiger partial charge in [0.05, 0.1) is 0 Å². The van der Waals surface area contributed by atoms with Crippen LogP contribution in [-0.4, -0.2) is 11.8 Å². The molecule has 2 amide bonds. The second kappa shape index (κ2) is 7.75. The average Bonchev–Trinajstić information content (AvgIpc) is 2.98. The van der Waals surface area contributed by atoms with Crippen LogP contribution in [0.3, 0.4) is 0 Å². The third-order valence-electron chi connectivity index (χ3n) is 3.35. The predicted molar refractivity (Wildman–Crippen MR) is 88.8 cm³/mol. The number of hydrogen-bond acceptors (Lipinski definition) is 3. The van der Waals surface area contributed by atoms with Crippen LogP contribution in [0, 0.1) is 13.8 Å². The smallest absolute Gasteiger partial charge is 0.269 e. The minimum absolute atomic E-state index is 0.172. The van der Waals surface area contributed by atoms with Crippen LogP contribution in [0.1, 0.15) is 39.2 Å².